The molecule has 0 aromatic heterocycles. The van der Waals surface area contributed by atoms with Crippen molar-refractivity contribution in [2.75, 3.05) is 0 Å². The van der Waals surface area contributed by atoms with Gasteiger partial charge in [0.1, 0.15) is 11.5 Å². The molecule has 2 N–H and O–H groups in total. The molecule has 0 amide bonds. The third kappa shape index (κ3) is 3.95. The molecule has 17 heavy (non-hydrogen) atoms. The van der Waals surface area contributed by atoms with Gasteiger partial charge >= 0.3 is 0 Å². The van der Waals surface area contributed by atoms with Crippen LogP contribution in [0.4, 0.5) is 0 Å². The molecule has 1 rings (SSSR count). The molecule has 0 aliphatic carbocycles. The van der Waals surface area contributed by atoms with Crippen LogP contribution in [-0.2, 0) is 6.42 Å². The number of unbranched alkanes of at least 4 members (excludes halogenated alkanes) is 3. The lowest BCUT2D eigenvalue weighted by molar-refractivity contribution is 0.443. The average Bonchev–Trinajstić information content (AvgIpc) is 2.28. The minimum absolute atomic E-state index is 0.233. The SMILES string of the molecule is CCCCCCc1cc(O)cc(C(C)C)c1O. The van der Waals surface area contributed by atoms with Gasteiger partial charge in [-0.3, -0.25) is 0 Å². The van der Waals surface area contributed by atoms with Crippen molar-refractivity contribution in [3.8, 4) is 11.5 Å². The second kappa shape index (κ2) is 6.53. The molecule has 1 aromatic rings. The molecular weight excluding hydrogens is 212 g/mol. The Balaban J connectivity index is 2.77. The van der Waals surface area contributed by atoms with Crippen molar-refractivity contribution in [1.82, 2.24) is 0 Å². The average molecular weight is 236 g/mol. The van der Waals surface area contributed by atoms with Gasteiger partial charge in [-0.1, -0.05) is 40.0 Å². The molecule has 0 fully saturated rings. The summed E-state index contributed by atoms with van der Waals surface area (Å²) >= 11 is 0. The number of phenolic OH excluding ortho intramolecular Hbond substituents is 2. The number of benzene rings is 1. The van der Waals surface area contributed by atoms with Crippen LogP contribution in [0.5, 0.6) is 11.5 Å². The minimum Gasteiger partial charge on any atom is -0.508 e. The first-order valence-electron chi connectivity index (χ1n) is 6.61. The predicted molar refractivity (Wildman–Crippen MR) is 71.7 cm³/mol. The summed E-state index contributed by atoms with van der Waals surface area (Å²) in [6, 6.07) is 3.35. The molecule has 0 aliphatic heterocycles. The summed E-state index contributed by atoms with van der Waals surface area (Å²) in [5.74, 6) is 0.864. The molecule has 1 aromatic carbocycles. The fourth-order valence-corrected chi connectivity index (χ4v) is 2.07. The van der Waals surface area contributed by atoms with Gasteiger partial charge in [-0.2, -0.15) is 0 Å². The lowest BCUT2D eigenvalue weighted by Gasteiger charge is -2.13. The molecule has 0 saturated carbocycles. The van der Waals surface area contributed by atoms with Gasteiger partial charge in [-0.05, 0) is 36.5 Å². The van der Waals surface area contributed by atoms with E-state index in [4.69, 9.17) is 0 Å². The molecule has 0 spiro atoms. The van der Waals surface area contributed by atoms with E-state index in [-0.39, 0.29) is 11.7 Å². The van der Waals surface area contributed by atoms with Crippen LogP contribution in [-0.4, -0.2) is 10.2 Å². The summed E-state index contributed by atoms with van der Waals surface area (Å²) in [4.78, 5) is 0. The van der Waals surface area contributed by atoms with E-state index in [0.29, 0.717) is 5.75 Å². The van der Waals surface area contributed by atoms with E-state index in [1.165, 1.54) is 19.3 Å². The molecule has 0 unspecified atom stereocenters. The van der Waals surface area contributed by atoms with Crippen LogP contribution in [0.15, 0.2) is 12.1 Å². The Labute approximate surface area is 104 Å². The van der Waals surface area contributed by atoms with Crippen molar-refractivity contribution in [2.24, 2.45) is 0 Å². The zero-order chi connectivity index (χ0) is 12.8. The smallest absolute Gasteiger partial charge is 0.122 e. The van der Waals surface area contributed by atoms with Gasteiger partial charge in [-0.25, -0.2) is 0 Å². The lowest BCUT2D eigenvalue weighted by Crippen LogP contribution is -1.94. The molecule has 0 radical (unpaired) electrons. The summed E-state index contributed by atoms with van der Waals surface area (Å²) < 4.78 is 0. The maximum absolute atomic E-state index is 10.1. The highest BCUT2D eigenvalue weighted by atomic mass is 16.3. The molecule has 0 heterocycles. The van der Waals surface area contributed by atoms with Crippen molar-refractivity contribution in [1.29, 1.82) is 0 Å². The highest BCUT2D eigenvalue weighted by molar-refractivity contribution is 5.47. The van der Waals surface area contributed by atoms with Gasteiger partial charge in [-0.15, -0.1) is 0 Å². The van der Waals surface area contributed by atoms with Crippen LogP contribution in [0, 0.1) is 0 Å². The summed E-state index contributed by atoms with van der Waals surface area (Å²) in [5.41, 5.74) is 1.72. The summed E-state index contributed by atoms with van der Waals surface area (Å²) in [6.45, 7) is 6.23. The Morgan fingerprint density at radius 2 is 1.76 bits per heavy atom. The van der Waals surface area contributed by atoms with Gasteiger partial charge < -0.3 is 10.2 Å². The fourth-order valence-electron chi connectivity index (χ4n) is 2.07. The van der Waals surface area contributed by atoms with Crippen molar-refractivity contribution >= 4 is 0 Å². The van der Waals surface area contributed by atoms with Crippen LogP contribution in [0.3, 0.4) is 0 Å². The Kier molecular flexibility index (Phi) is 5.33. The van der Waals surface area contributed by atoms with E-state index in [2.05, 4.69) is 6.92 Å². The number of aryl methyl sites for hydroxylation is 1. The molecule has 0 aliphatic rings. The number of rotatable bonds is 6. The monoisotopic (exact) mass is 236 g/mol. The maximum atomic E-state index is 10.1. The fraction of sp³-hybridized carbons (Fsp3) is 0.600. The first kappa shape index (κ1) is 13.9. The Bertz CT molecular complexity index is 356. The molecule has 96 valence electrons. The number of phenols is 2. The van der Waals surface area contributed by atoms with E-state index >= 15 is 0 Å². The molecule has 2 nitrogen and oxygen atoms in total. The molecule has 0 atom stereocenters. The zero-order valence-corrected chi connectivity index (χ0v) is 11.2. The Morgan fingerprint density at radius 1 is 1.06 bits per heavy atom. The number of hydrogen-bond acceptors (Lipinski definition) is 2. The van der Waals surface area contributed by atoms with E-state index < -0.39 is 0 Å². The molecular formula is C15H24O2. The Hall–Kier alpha value is -1.18. The van der Waals surface area contributed by atoms with Crippen molar-refractivity contribution in [3.05, 3.63) is 23.3 Å². The second-order valence-corrected chi connectivity index (χ2v) is 5.01. The largest absolute Gasteiger partial charge is 0.508 e. The van der Waals surface area contributed by atoms with Crippen molar-refractivity contribution in [3.63, 3.8) is 0 Å². The topological polar surface area (TPSA) is 40.5 Å². The van der Waals surface area contributed by atoms with E-state index in [0.717, 1.165) is 24.0 Å². The van der Waals surface area contributed by atoms with Crippen LogP contribution >= 0.6 is 0 Å². The van der Waals surface area contributed by atoms with Gasteiger partial charge in [0.25, 0.3) is 0 Å². The highest BCUT2D eigenvalue weighted by Crippen LogP contribution is 2.33. The summed E-state index contributed by atoms with van der Waals surface area (Å²) in [7, 11) is 0. The first-order valence-corrected chi connectivity index (χ1v) is 6.61. The van der Waals surface area contributed by atoms with E-state index in [9.17, 15) is 10.2 Å². The third-order valence-corrected chi connectivity index (χ3v) is 3.12. The van der Waals surface area contributed by atoms with E-state index in [1.807, 2.05) is 13.8 Å². The van der Waals surface area contributed by atoms with Crippen LogP contribution < -0.4 is 0 Å². The van der Waals surface area contributed by atoms with Crippen molar-refractivity contribution < 1.29 is 10.2 Å². The van der Waals surface area contributed by atoms with Gasteiger partial charge in [0.15, 0.2) is 0 Å². The quantitative estimate of drug-likeness (QED) is 0.569. The van der Waals surface area contributed by atoms with Crippen LogP contribution in [0.1, 0.15) is 63.5 Å². The van der Waals surface area contributed by atoms with Gasteiger partial charge in [0, 0.05) is 5.56 Å². The Morgan fingerprint density at radius 3 is 2.35 bits per heavy atom. The third-order valence-electron chi connectivity index (χ3n) is 3.12. The molecule has 0 bridgehead atoms. The molecule has 0 saturated heterocycles. The summed E-state index contributed by atoms with van der Waals surface area (Å²) in [5, 5.41) is 19.8. The minimum atomic E-state index is 0.233. The normalized spacial score (nSPS) is 11.1. The number of aromatic hydroxyl groups is 2. The van der Waals surface area contributed by atoms with Crippen LogP contribution in [0.2, 0.25) is 0 Å². The second-order valence-electron chi connectivity index (χ2n) is 5.01. The predicted octanol–water partition coefficient (Wildman–Crippen LogP) is 4.34. The molecule has 2 heteroatoms. The van der Waals surface area contributed by atoms with Gasteiger partial charge in [0.2, 0.25) is 0 Å². The first-order chi connectivity index (χ1) is 8.06. The highest BCUT2D eigenvalue weighted by Gasteiger charge is 2.12. The van der Waals surface area contributed by atoms with Crippen LogP contribution in [0.25, 0.3) is 0 Å². The van der Waals surface area contributed by atoms with Crippen molar-refractivity contribution in [2.45, 2.75) is 58.8 Å². The zero-order valence-electron chi connectivity index (χ0n) is 11.2. The van der Waals surface area contributed by atoms with Gasteiger partial charge in [0.05, 0.1) is 0 Å². The standard InChI is InChI=1S/C15H24O2/c1-4-5-6-7-8-12-9-13(16)10-14(11(2)3)15(12)17/h9-11,16-17H,4-8H2,1-3H3. The lowest BCUT2D eigenvalue weighted by atomic mass is 9.96. The summed E-state index contributed by atoms with van der Waals surface area (Å²) in [6.07, 6.45) is 5.55. The van der Waals surface area contributed by atoms with E-state index in [1.54, 1.807) is 12.1 Å². The number of hydrogen-bond donors (Lipinski definition) is 2. The maximum Gasteiger partial charge on any atom is 0.122 e.